The fourth-order valence-corrected chi connectivity index (χ4v) is 8.18. The van der Waals surface area contributed by atoms with E-state index in [0.29, 0.717) is 50.2 Å². The number of hydrogen-bond acceptors (Lipinski definition) is 6. The van der Waals surface area contributed by atoms with E-state index in [1.54, 1.807) is 55.5 Å². The summed E-state index contributed by atoms with van der Waals surface area (Å²) in [5.74, 6) is -0.373. The largest absolute Gasteiger partial charge is 0.455 e. The summed E-state index contributed by atoms with van der Waals surface area (Å²) in [7, 11) is -5.94. The lowest BCUT2D eigenvalue weighted by Gasteiger charge is -2.21. The average Bonchev–Trinajstić information content (AvgIpc) is 3.49. The zero-order chi connectivity index (χ0) is 30.7. The molecule has 1 aromatic heterocycles. The number of sulfonamides is 1. The van der Waals surface area contributed by atoms with Gasteiger partial charge in [-0.25, -0.2) is 21.2 Å². The highest BCUT2D eigenvalue weighted by Crippen LogP contribution is 2.44. The Morgan fingerprint density at radius 1 is 0.977 bits per heavy atom. The quantitative estimate of drug-likeness (QED) is 0.183. The zero-order valence-electron chi connectivity index (χ0n) is 23.7. The monoisotopic (exact) mass is 617 g/mol. The molecule has 1 atom stereocenters. The number of sulfone groups is 1. The van der Waals surface area contributed by atoms with Crippen LogP contribution < -0.4 is 4.31 Å². The van der Waals surface area contributed by atoms with Gasteiger partial charge in [-0.2, -0.15) is 0 Å². The minimum Gasteiger partial charge on any atom is -0.455 e. The SMILES string of the molecule is CCC(=O)c1c(-c2ccc(F)cc2)oc2cc(N(C)S(C)(=O)=O)c(-c3cccc(C4Cc5ccccc5S4(=O)=O)c3)cc12. The van der Waals surface area contributed by atoms with Crippen LogP contribution in [0, 0.1) is 5.82 Å². The van der Waals surface area contributed by atoms with E-state index < -0.39 is 30.9 Å². The van der Waals surface area contributed by atoms with Gasteiger partial charge in [-0.15, -0.1) is 0 Å². The third kappa shape index (κ3) is 4.94. The molecule has 5 aromatic rings. The highest BCUT2D eigenvalue weighted by molar-refractivity contribution is 7.92. The van der Waals surface area contributed by atoms with E-state index in [-0.39, 0.29) is 23.5 Å². The molecule has 0 aliphatic carbocycles. The molecule has 0 N–H and O–H groups in total. The Morgan fingerprint density at radius 3 is 2.37 bits per heavy atom. The lowest BCUT2D eigenvalue weighted by atomic mass is 9.94. The fourth-order valence-electron chi connectivity index (χ4n) is 5.68. The fraction of sp³-hybridized carbons (Fsp3) is 0.182. The molecule has 10 heteroatoms. The van der Waals surface area contributed by atoms with Crippen LogP contribution in [0.15, 0.2) is 94.2 Å². The Hall–Kier alpha value is -4.28. The van der Waals surface area contributed by atoms with Gasteiger partial charge in [0, 0.05) is 36.0 Å². The van der Waals surface area contributed by atoms with Crippen molar-refractivity contribution in [1.82, 2.24) is 0 Å². The summed E-state index contributed by atoms with van der Waals surface area (Å²) in [5.41, 5.74) is 3.78. The number of halogens is 1. The molecule has 2 heterocycles. The van der Waals surface area contributed by atoms with E-state index in [9.17, 15) is 26.0 Å². The minimum atomic E-state index is -3.73. The Kier molecular flexibility index (Phi) is 7.01. The van der Waals surface area contributed by atoms with Gasteiger partial charge in [0.15, 0.2) is 15.6 Å². The molecule has 0 fully saturated rings. The summed E-state index contributed by atoms with van der Waals surface area (Å²) in [6, 6.07) is 22.9. The molecule has 4 aromatic carbocycles. The van der Waals surface area contributed by atoms with Crippen molar-refractivity contribution >= 4 is 42.3 Å². The van der Waals surface area contributed by atoms with Gasteiger partial charge in [-0.1, -0.05) is 43.3 Å². The highest BCUT2D eigenvalue weighted by Gasteiger charge is 2.38. The van der Waals surface area contributed by atoms with Crippen molar-refractivity contribution in [2.24, 2.45) is 0 Å². The van der Waals surface area contributed by atoms with Gasteiger partial charge >= 0.3 is 0 Å². The third-order valence-electron chi connectivity index (χ3n) is 7.98. The number of Topliss-reactive ketones (excluding diaryl/α,β-unsaturated/α-hetero) is 1. The molecule has 7 nitrogen and oxygen atoms in total. The first-order valence-corrected chi connectivity index (χ1v) is 17.1. The number of furan rings is 1. The molecular formula is C33H28FNO6S2. The first-order chi connectivity index (χ1) is 20.4. The van der Waals surface area contributed by atoms with E-state index in [0.717, 1.165) is 16.1 Å². The second kappa shape index (κ2) is 10.5. The van der Waals surface area contributed by atoms with E-state index in [1.807, 2.05) is 12.1 Å². The van der Waals surface area contributed by atoms with Gasteiger partial charge in [0.05, 0.1) is 27.7 Å². The predicted octanol–water partition coefficient (Wildman–Crippen LogP) is 6.97. The third-order valence-corrected chi connectivity index (χ3v) is 11.4. The lowest BCUT2D eigenvalue weighted by molar-refractivity contribution is 0.0989. The number of nitrogens with zero attached hydrogens (tertiary/aromatic N) is 1. The summed E-state index contributed by atoms with van der Waals surface area (Å²) >= 11 is 0. The smallest absolute Gasteiger partial charge is 0.232 e. The summed E-state index contributed by atoms with van der Waals surface area (Å²) in [5, 5.41) is -0.320. The number of benzene rings is 4. The van der Waals surface area contributed by atoms with E-state index >= 15 is 0 Å². The van der Waals surface area contributed by atoms with Crippen molar-refractivity contribution in [3.63, 3.8) is 0 Å². The first-order valence-electron chi connectivity index (χ1n) is 13.7. The standard InChI is InChI=1S/C33H28FNO6S2/c1-4-28(36)32-26-18-25(21-9-7-10-22(16-21)31-17-23-8-5-6-11-30(23)43(31,39)40)27(35(2)42(3,37)38)19-29(26)41-33(32)20-12-14-24(34)15-13-20/h5-16,18-19,31H,4,17H2,1-3H3. The average molecular weight is 618 g/mol. The van der Waals surface area contributed by atoms with Crippen LogP contribution in [-0.4, -0.2) is 35.9 Å². The summed E-state index contributed by atoms with van der Waals surface area (Å²) in [6.45, 7) is 1.73. The van der Waals surface area contributed by atoms with Crippen molar-refractivity contribution in [2.75, 3.05) is 17.6 Å². The molecule has 0 spiro atoms. The molecule has 0 saturated heterocycles. The van der Waals surface area contributed by atoms with Gasteiger partial charge < -0.3 is 4.42 Å². The Balaban J connectivity index is 1.58. The molecule has 0 saturated carbocycles. The number of anilines is 1. The Bertz CT molecular complexity index is 2130. The van der Waals surface area contributed by atoms with Crippen LogP contribution in [0.4, 0.5) is 10.1 Å². The molecule has 220 valence electrons. The summed E-state index contributed by atoms with van der Waals surface area (Å²) in [6.07, 6.45) is 1.59. The van der Waals surface area contributed by atoms with E-state index in [2.05, 4.69) is 0 Å². The number of rotatable bonds is 7. The van der Waals surface area contributed by atoms with Crippen LogP contribution in [0.3, 0.4) is 0 Å². The number of hydrogen-bond donors (Lipinski definition) is 0. The molecule has 1 unspecified atom stereocenters. The van der Waals surface area contributed by atoms with Gasteiger partial charge in [0.1, 0.15) is 17.2 Å². The molecule has 0 bridgehead atoms. The molecule has 1 aliphatic rings. The van der Waals surface area contributed by atoms with Crippen LogP contribution in [0.2, 0.25) is 0 Å². The maximum absolute atomic E-state index is 13.7. The number of carbonyl (C=O) groups excluding carboxylic acids is 1. The summed E-state index contributed by atoms with van der Waals surface area (Å²) in [4.78, 5) is 13.6. The second-order valence-corrected chi connectivity index (χ2v) is 14.8. The van der Waals surface area contributed by atoms with Crippen LogP contribution in [0.25, 0.3) is 33.4 Å². The van der Waals surface area contributed by atoms with Gasteiger partial charge in [-0.05, 0) is 65.6 Å². The van der Waals surface area contributed by atoms with Crippen LogP contribution >= 0.6 is 0 Å². The molecule has 43 heavy (non-hydrogen) atoms. The van der Waals surface area contributed by atoms with Crippen molar-refractivity contribution < 1.29 is 30.4 Å². The topological polar surface area (TPSA) is 102 Å². The molecule has 6 rings (SSSR count). The van der Waals surface area contributed by atoms with Gasteiger partial charge in [0.25, 0.3) is 0 Å². The molecule has 1 aliphatic heterocycles. The second-order valence-electron chi connectivity index (χ2n) is 10.7. The molecule has 0 radical (unpaired) electrons. The predicted molar refractivity (Wildman–Crippen MR) is 165 cm³/mol. The number of fused-ring (bicyclic) bond motifs is 2. The van der Waals surface area contributed by atoms with Gasteiger partial charge in [-0.3, -0.25) is 9.10 Å². The Labute approximate surface area is 249 Å². The van der Waals surface area contributed by atoms with Crippen LogP contribution in [-0.2, 0) is 26.3 Å². The maximum Gasteiger partial charge on any atom is 0.232 e. The Morgan fingerprint density at radius 2 is 1.70 bits per heavy atom. The highest BCUT2D eigenvalue weighted by atomic mass is 32.2. The molecule has 0 amide bonds. The van der Waals surface area contributed by atoms with Crippen LogP contribution in [0.5, 0.6) is 0 Å². The number of carbonyl (C=O) groups is 1. The summed E-state index contributed by atoms with van der Waals surface area (Å²) < 4.78 is 73.4. The minimum absolute atomic E-state index is 0.179. The normalized spacial score (nSPS) is 15.9. The van der Waals surface area contributed by atoms with Crippen molar-refractivity contribution in [1.29, 1.82) is 0 Å². The van der Waals surface area contributed by atoms with Crippen LogP contribution in [0.1, 0.15) is 40.1 Å². The molecular weight excluding hydrogens is 589 g/mol. The first kappa shape index (κ1) is 28.8. The maximum atomic E-state index is 13.7. The number of ketones is 1. The van der Waals surface area contributed by atoms with Gasteiger partial charge in [0.2, 0.25) is 10.0 Å². The lowest BCUT2D eigenvalue weighted by Crippen LogP contribution is -2.25. The zero-order valence-corrected chi connectivity index (χ0v) is 25.3. The van der Waals surface area contributed by atoms with E-state index in [1.165, 1.54) is 31.3 Å². The van der Waals surface area contributed by atoms with Crippen molar-refractivity contribution in [3.05, 3.63) is 107 Å². The van der Waals surface area contributed by atoms with E-state index in [4.69, 9.17) is 4.42 Å². The van der Waals surface area contributed by atoms with Crippen molar-refractivity contribution in [3.8, 4) is 22.5 Å². The van der Waals surface area contributed by atoms with Crippen molar-refractivity contribution in [2.45, 2.75) is 29.9 Å².